The fourth-order valence-electron chi connectivity index (χ4n) is 2.81. The SMILES string of the molecule is O=S(=O)(c1ccc(F)c(Cl)c1)N1CCN(Cc2cccc(F)c2)CC1. The lowest BCUT2D eigenvalue weighted by Crippen LogP contribution is -2.48. The first-order valence-corrected chi connectivity index (χ1v) is 9.60. The maximum Gasteiger partial charge on any atom is 0.243 e. The fraction of sp³-hybridized carbons (Fsp3) is 0.294. The molecule has 1 fully saturated rings. The van der Waals surface area contributed by atoms with Crippen molar-refractivity contribution in [1.82, 2.24) is 9.21 Å². The zero-order valence-electron chi connectivity index (χ0n) is 13.3. The van der Waals surface area contributed by atoms with Crippen molar-refractivity contribution in [2.24, 2.45) is 0 Å². The van der Waals surface area contributed by atoms with E-state index < -0.39 is 15.8 Å². The number of benzene rings is 2. The number of nitrogens with zero attached hydrogens (tertiary/aromatic N) is 2. The summed E-state index contributed by atoms with van der Waals surface area (Å²) in [7, 11) is -3.71. The third kappa shape index (κ3) is 4.17. The van der Waals surface area contributed by atoms with Gasteiger partial charge in [0.25, 0.3) is 0 Å². The molecule has 25 heavy (non-hydrogen) atoms. The Hall–Kier alpha value is -1.54. The summed E-state index contributed by atoms with van der Waals surface area (Å²) in [6.45, 7) is 2.25. The molecule has 1 aliphatic heterocycles. The van der Waals surface area contributed by atoms with Gasteiger partial charge in [-0.1, -0.05) is 23.7 Å². The first-order chi connectivity index (χ1) is 11.9. The first kappa shape index (κ1) is 18.3. The maximum absolute atomic E-state index is 13.2. The van der Waals surface area contributed by atoms with Crippen LogP contribution in [-0.4, -0.2) is 43.8 Å². The van der Waals surface area contributed by atoms with Gasteiger partial charge in [0.2, 0.25) is 10.0 Å². The van der Waals surface area contributed by atoms with E-state index in [0.717, 1.165) is 17.7 Å². The van der Waals surface area contributed by atoms with Crippen molar-refractivity contribution in [3.63, 3.8) is 0 Å². The van der Waals surface area contributed by atoms with Gasteiger partial charge in [-0.25, -0.2) is 17.2 Å². The van der Waals surface area contributed by atoms with Gasteiger partial charge < -0.3 is 0 Å². The van der Waals surface area contributed by atoms with Gasteiger partial charge in [-0.05, 0) is 35.9 Å². The van der Waals surface area contributed by atoms with E-state index in [0.29, 0.717) is 32.7 Å². The first-order valence-electron chi connectivity index (χ1n) is 7.78. The average molecular weight is 387 g/mol. The Balaban J connectivity index is 1.66. The lowest BCUT2D eigenvalue weighted by atomic mass is 10.2. The normalized spacial score (nSPS) is 16.9. The van der Waals surface area contributed by atoms with Crippen molar-refractivity contribution in [2.45, 2.75) is 11.4 Å². The summed E-state index contributed by atoms with van der Waals surface area (Å²) in [6, 6.07) is 9.76. The highest BCUT2D eigenvalue weighted by Gasteiger charge is 2.29. The second-order valence-corrected chi connectivity index (χ2v) is 8.23. The Morgan fingerprint density at radius 1 is 1.00 bits per heavy atom. The molecule has 1 saturated heterocycles. The van der Waals surface area contributed by atoms with Gasteiger partial charge in [0.05, 0.1) is 9.92 Å². The molecule has 3 rings (SSSR count). The quantitative estimate of drug-likeness (QED) is 0.810. The summed E-state index contributed by atoms with van der Waals surface area (Å²) in [6.07, 6.45) is 0. The topological polar surface area (TPSA) is 40.6 Å². The largest absolute Gasteiger partial charge is 0.296 e. The van der Waals surface area contributed by atoms with Crippen LogP contribution in [0.1, 0.15) is 5.56 Å². The van der Waals surface area contributed by atoms with Gasteiger partial charge in [-0.15, -0.1) is 0 Å². The highest BCUT2D eigenvalue weighted by Crippen LogP contribution is 2.23. The molecule has 2 aromatic rings. The molecule has 0 saturated carbocycles. The van der Waals surface area contributed by atoms with Gasteiger partial charge in [-0.3, -0.25) is 4.90 Å². The molecule has 0 unspecified atom stereocenters. The molecule has 1 heterocycles. The molecule has 0 spiro atoms. The number of hydrogen-bond acceptors (Lipinski definition) is 3. The van der Waals surface area contributed by atoms with Crippen LogP contribution >= 0.6 is 11.6 Å². The highest BCUT2D eigenvalue weighted by atomic mass is 35.5. The van der Waals surface area contributed by atoms with E-state index in [1.807, 2.05) is 6.07 Å². The third-order valence-electron chi connectivity index (χ3n) is 4.16. The molecular formula is C17H17ClF2N2O2S. The number of hydrogen-bond donors (Lipinski definition) is 0. The lowest BCUT2D eigenvalue weighted by molar-refractivity contribution is 0.181. The second kappa shape index (κ2) is 7.37. The molecule has 0 N–H and O–H groups in total. The van der Waals surface area contributed by atoms with Gasteiger partial charge >= 0.3 is 0 Å². The van der Waals surface area contributed by atoms with Crippen LogP contribution in [0.5, 0.6) is 0 Å². The van der Waals surface area contributed by atoms with Crippen LogP contribution in [0.4, 0.5) is 8.78 Å². The van der Waals surface area contributed by atoms with Crippen molar-refractivity contribution < 1.29 is 17.2 Å². The van der Waals surface area contributed by atoms with Crippen molar-refractivity contribution >= 4 is 21.6 Å². The molecule has 0 bridgehead atoms. The monoisotopic (exact) mass is 386 g/mol. The molecule has 2 aromatic carbocycles. The molecule has 4 nitrogen and oxygen atoms in total. The van der Waals surface area contributed by atoms with E-state index >= 15 is 0 Å². The molecule has 134 valence electrons. The maximum atomic E-state index is 13.2. The standard InChI is InChI=1S/C17H17ClF2N2O2S/c18-16-11-15(4-5-17(16)20)25(23,24)22-8-6-21(7-9-22)12-13-2-1-3-14(19)10-13/h1-5,10-11H,6-9,12H2. The molecule has 0 radical (unpaired) electrons. The lowest BCUT2D eigenvalue weighted by Gasteiger charge is -2.34. The van der Waals surface area contributed by atoms with Crippen molar-refractivity contribution in [3.8, 4) is 0 Å². The van der Waals surface area contributed by atoms with E-state index in [1.54, 1.807) is 6.07 Å². The molecule has 0 atom stereocenters. The Kier molecular flexibility index (Phi) is 5.38. The van der Waals surface area contributed by atoms with E-state index in [-0.39, 0.29) is 15.7 Å². The Morgan fingerprint density at radius 3 is 2.36 bits per heavy atom. The summed E-state index contributed by atoms with van der Waals surface area (Å²) in [5.41, 5.74) is 0.849. The molecule has 8 heteroatoms. The molecular weight excluding hydrogens is 370 g/mol. The predicted octanol–water partition coefficient (Wildman–Crippen LogP) is 3.12. The number of piperazine rings is 1. The van der Waals surface area contributed by atoms with E-state index in [2.05, 4.69) is 4.90 Å². The minimum atomic E-state index is -3.71. The summed E-state index contributed by atoms with van der Waals surface area (Å²) in [5.74, 6) is -0.938. The Bertz CT molecular complexity index is 869. The van der Waals surface area contributed by atoms with Crippen LogP contribution in [0.3, 0.4) is 0 Å². The van der Waals surface area contributed by atoms with Crippen LogP contribution in [0.15, 0.2) is 47.4 Å². The summed E-state index contributed by atoms with van der Waals surface area (Å²) < 4.78 is 53.1. The van der Waals surface area contributed by atoms with Crippen LogP contribution in [0.25, 0.3) is 0 Å². The minimum absolute atomic E-state index is 0.0162. The van der Waals surface area contributed by atoms with Crippen molar-refractivity contribution in [1.29, 1.82) is 0 Å². The van der Waals surface area contributed by atoms with Crippen LogP contribution < -0.4 is 0 Å². The molecule has 1 aliphatic rings. The predicted molar refractivity (Wildman–Crippen MR) is 91.8 cm³/mol. The zero-order valence-corrected chi connectivity index (χ0v) is 14.9. The van der Waals surface area contributed by atoms with Gasteiger partial charge in [0.15, 0.2) is 0 Å². The third-order valence-corrected chi connectivity index (χ3v) is 6.34. The highest BCUT2D eigenvalue weighted by molar-refractivity contribution is 7.89. The summed E-state index contributed by atoms with van der Waals surface area (Å²) >= 11 is 5.69. The smallest absolute Gasteiger partial charge is 0.243 e. The van der Waals surface area contributed by atoms with Gasteiger partial charge in [0, 0.05) is 32.7 Å². The fourth-order valence-corrected chi connectivity index (χ4v) is 4.50. The Labute approximate surface area is 150 Å². The summed E-state index contributed by atoms with van der Waals surface area (Å²) in [5, 5.41) is -0.217. The van der Waals surface area contributed by atoms with E-state index in [9.17, 15) is 17.2 Å². The second-order valence-electron chi connectivity index (χ2n) is 5.89. The van der Waals surface area contributed by atoms with Gasteiger partial charge in [0.1, 0.15) is 11.6 Å². The van der Waals surface area contributed by atoms with Crippen molar-refractivity contribution in [2.75, 3.05) is 26.2 Å². The van der Waals surface area contributed by atoms with Crippen LogP contribution in [-0.2, 0) is 16.6 Å². The molecule has 0 aromatic heterocycles. The molecule has 0 aliphatic carbocycles. The van der Waals surface area contributed by atoms with Crippen molar-refractivity contribution in [3.05, 3.63) is 64.7 Å². The van der Waals surface area contributed by atoms with Crippen LogP contribution in [0.2, 0.25) is 5.02 Å². The average Bonchev–Trinajstić information content (AvgIpc) is 2.58. The van der Waals surface area contributed by atoms with Crippen LogP contribution in [0, 0.1) is 11.6 Å². The zero-order chi connectivity index (χ0) is 18.0. The number of sulfonamides is 1. The van der Waals surface area contributed by atoms with E-state index in [4.69, 9.17) is 11.6 Å². The molecule has 0 amide bonds. The minimum Gasteiger partial charge on any atom is -0.296 e. The Morgan fingerprint density at radius 2 is 1.72 bits per heavy atom. The number of halogens is 3. The summed E-state index contributed by atoms with van der Waals surface area (Å²) in [4.78, 5) is 2.05. The number of rotatable bonds is 4. The van der Waals surface area contributed by atoms with Gasteiger partial charge in [-0.2, -0.15) is 4.31 Å². The van der Waals surface area contributed by atoms with E-state index in [1.165, 1.54) is 22.5 Å².